The summed E-state index contributed by atoms with van der Waals surface area (Å²) in [4.78, 5) is 21.6. The summed E-state index contributed by atoms with van der Waals surface area (Å²) < 4.78 is 0. The Labute approximate surface area is 128 Å². The molecule has 112 valence electrons. The highest BCUT2D eigenvalue weighted by molar-refractivity contribution is 7.11. The average Bonchev–Trinajstić information content (AvgIpc) is 2.86. The van der Waals surface area contributed by atoms with Gasteiger partial charge in [-0.2, -0.15) is 0 Å². The summed E-state index contributed by atoms with van der Waals surface area (Å²) in [6, 6.07) is 5.46. The van der Waals surface area contributed by atoms with Crippen LogP contribution >= 0.6 is 11.3 Å². The number of nitrogens with one attached hydrogen (secondary N) is 2. The maximum atomic E-state index is 11.7. The molecule has 0 radical (unpaired) electrons. The number of carbonyl (C=O) groups excluding carboxylic acids is 1. The molecule has 0 saturated carbocycles. The van der Waals surface area contributed by atoms with Crippen LogP contribution in [0, 0.1) is 6.92 Å². The van der Waals surface area contributed by atoms with Crippen LogP contribution in [0.15, 0.2) is 24.4 Å². The van der Waals surface area contributed by atoms with E-state index < -0.39 is 0 Å². The van der Waals surface area contributed by atoms with Gasteiger partial charge in [-0.05, 0) is 25.5 Å². The summed E-state index contributed by atoms with van der Waals surface area (Å²) in [5.41, 5.74) is 2.00. The van der Waals surface area contributed by atoms with E-state index >= 15 is 0 Å². The Bertz CT molecular complexity index is 583. The van der Waals surface area contributed by atoms with Crippen molar-refractivity contribution in [3.63, 3.8) is 0 Å². The maximum absolute atomic E-state index is 11.7. The maximum Gasteiger partial charge on any atom is 0.315 e. The molecule has 0 bridgehead atoms. The molecule has 0 aliphatic heterocycles. The lowest BCUT2D eigenvalue weighted by Gasteiger charge is -2.06. The Morgan fingerprint density at radius 2 is 2.19 bits per heavy atom. The third kappa shape index (κ3) is 4.82. The van der Waals surface area contributed by atoms with Crippen molar-refractivity contribution in [2.75, 3.05) is 6.54 Å². The van der Waals surface area contributed by atoms with Gasteiger partial charge in [0.1, 0.15) is 0 Å². The van der Waals surface area contributed by atoms with Crippen molar-refractivity contribution in [2.24, 2.45) is 0 Å². The van der Waals surface area contributed by atoms with Crippen molar-refractivity contribution in [3.8, 4) is 0 Å². The third-order valence-electron chi connectivity index (χ3n) is 3.05. The minimum absolute atomic E-state index is 0.176. The first-order valence-corrected chi connectivity index (χ1v) is 7.87. The topological polar surface area (TPSA) is 66.9 Å². The fourth-order valence-corrected chi connectivity index (χ4v) is 2.96. The lowest BCUT2D eigenvalue weighted by molar-refractivity contribution is 0.240. The molecule has 2 aromatic heterocycles. The molecular formula is C15H20N4OS. The molecule has 6 heteroatoms. The van der Waals surface area contributed by atoms with Crippen molar-refractivity contribution in [1.29, 1.82) is 0 Å². The van der Waals surface area contributed by atoms with Gasteiger partial charge in [0.15, 0.2) is 0 Å². The van der Waals surface area contributed by atoms with Crippen molar-refractivity contribution in [2.45, 2.75) is 33.2 Å². The molecule has 2 aromatic rings. The zero-order chi connectivity index (χ0) is 15.1. The number of hydrogen-bond donors (Lipinski definition) is 2. The van der Waals surface area contributed by atoms with Crippen LogP contribution in [0.1, 0.15) is 28.2 Å². The Hall–Kier alpha value is -1.95. The minimum Gasteiger partial charge on any atom is -0.338 e. The number of thiazole rings is 1. The van der Waals surface area contributed by atoms with Gasteiger partial charge in [0.25, 0.3) is 0 Å². The Morgan fingerprint density at radius 3 is 2.86 bits per heavy atom. The largest absolute Gasteiger partial charge is 0.338 e. The molecule has 21 heavy (non-hydrogen) atoms. The molecular weight excluding hydrogens is 284 g/mol. The first-order valence-electron chi connectivity index (χ1n) is 7.05. The van der Waals surface area contributed by atoms with Gasteiger partial charge in [0.05, 0.1) is 22.9 Å². The molecule has 0 saturated heterocycles. The highest BCUT2D eigenvalue weighted by atomic mass is 32.1. The van der Waals surface area contributed by atoms with Gasteiger partial charge in [-0.3, -0.25) is 4.98 Å². The van der Waals surface area contributed by atoms with Gasteiger partial charge in [0, 0.05) is 24.0 Å². The normalized spacial score (nSPS) is 10.4. The predicted octanol–water partition coefficient (Wildman–Crippen LogP) is 2.45. The zero-order valence-corrected chi connectivity index (χ0v) is 13.2. The molecule has 0 fully saturated rings. The Kier molecular flexibility index (Phi) is 5.68. The van der Waals surface area contributed by atoms with Crippen LogP contribution in [0.5, 0.6) is 0 Å². The van der Waals surface area contributed by atoms with E-state index in [0.717, 1.165) is 29.2 Å². The first kappa shape index (κ1) is 15.4. The van der Waals surface area contributed by atoms with Crippen LogP contribution in [0.25, 0.3) is 0 Å². The summed E-state index contributed by atoms with van der Waals surface area (Å²) in [6.45, 7) is 5.22. The van der Waals surface area contributed by atoms with Gasteiger partial charge in [0.2, 0.25) is 0 Å². The molecule has 0 aromatic carbocycles. The molecule has 0 aliphatic rings. The summed E-state index contributed by atoms with van der Waals surface area (Å²) in [6.07, 6.45) is 3.44. The quantitative estimate of drug-likeness (QED) is 0.861. The van der Waals surface area contributed by atoms with Crippen molar-refractivity contribution < 1.29 is 4.79 Å². The number of aryl methyl sites for hydroxylation is 2. The van der Waals surface area contributed by atoms with Crippen molar-refractivity contribution >= 4 is 17.4 Å². The highest BCUT2D eigenvalue weighted by Crippen LogP contribution is 2.17. The third-order valence-corrected chi connectivity index (χ3v) is 4.13. The first-order chi connectivity index (χ1) is 10.2. The van der Waals surface area contributed by atoms with E-state index in [2.05, 4.69) is 34.4 Å². The van der Waals surface area contributed by atoms with E-state index in [1.807, 2.05) is 18.2 Å². The second-order valence-electron chi connectivity index (χ2n) is 4.64. The van der Waals surface area contributed by atoms with Crippen molar-refractivity contribution in [1.82, 2.24) is 20.6 Å². The molecule has 5 nitrogen and oxygen atoms in total. The zero-order valence-electron chi connectivity index (χ0n) is 12.3. The van der Waals surface area contributed by atoms with E-state index in [9.17, 15) is 4.79 Å². The number of carbonyl (C=O) groups is 1. The van der Waals surface area contributed by atoms with Crippen LogP contribution in [-0.2, 0) is 19.4 Å². The second-order valence-corrected chi connectivity index (χ2v) is 5.93. The van der Waals surface area contributed by atoms with Gasteiger partial charge in [-0.15, -0.1) is 11.3 Å². The molecule has 0 aliphatic carbocycles. The predicted molar refractivity (Wildman–Crippen MR) is 84.4 cm³/mol. The minimum atomic E-state index is -0.176. The van der Waals surface area contributed by atoms with E-state index in [4.69, 9.17) is 0 Å². The SMILES string of the molecule is CCc1nc(CCNC(=O)NCc2ccccn2)sc1C. The van der Waals surface area contributed by atoms with E-state index in [0.29, 0.717) is 13.1 Å². The number of nitrogens with zero attached hydrogens (tertiary/aromatic N) is 2. The molecule has 2 rings (SSSR count). The smallest absolute Gasteiger partial charge is 0.315 e. The standard InChI is InChI=1S/C15H20N4OS/c1-3-13-11(2)21-14(19-13)7-9-17-15(20)18-10-12-6-4-5-8-16-12/h4-6,8H,3,7,9-10H2,1-2H3,(H2,17,18,20). The molecule has 0 unspecified atom stereocenters. The van der Waals surface area contributed by atoms with Gasteiger partial charge < -0.3 is 10.6 Å². The number of urea groups is 1. The number of hydrogen-bond acceptors (Lipinski definition) is 4. The summed E-state index contributed by atoms with van der Waals surface area (Å²) in [7, 11) is 0. The van der Waals surface area contributed by atoms with Crippen LogP contribution in [0.2, 0.25) is 0 Å². The summed E-state index contributed by atoms with van der Waals surface area (Å²) >= 11 is 1.71. The molecule has 2 amide bonds. The second kappa shape index (κ2) is 7.73. The molecule has 0 spiro atoms. The van der Waals surface area contributed by atoms with Crippen molar-refractivity contribution in [3.05, 3.63) is 45.7 Å². The van der Waals surface area contributed by atoms with Gasteiger partial charge in [-0.1, -0.05) is 13.0 Å². The van der Waals surface area contributed by atoms with Crippen LogP contribution in [-0.4, -0.2) is 22.5 Å². The molecule has 0 atom stereocenters. The lowest BCUT2D eigenvalue weighted by Crippen LogP contribution is -2.36. The lowest BCUT2D eigenvalue weighted by atomic mass is 10.3. The van der Waals surface area contributed by atoms with Crippen LogP contribution in [0.4, 0.5) is 4.79 Å². The number of rotatable bonds is 6. The number of aromatic nitrogens is 2. The Balaban J connectivity index is 1.69. The fourth-order valence-electron chi connectivity index (χ4n) is 1.94. The fraction of sp³-hybridized carbons (Fsp3) is 0.400. The van der Waals surface area contributed by atoms with Gasteiger partial charge in [-0.25, -0.2) is 9.78 Å². The Morgan fingerprint density at radius 1 is 1.33 bits per heavy atom. The van der Waals surface area contributed by atoms with Gasteiger partial charge >= 0.3 is 6.03 Å². The van der Waals surface area contributed by atoms with E-state index in [1.165, 1.54) is 4.88 Å². The number of amides is 2. The summed E-state index contributed by atoms with van der Waals surface area (Å²) in [5, 5.41) is 6.70. The van der Waals surface area contributed by atoms with E-state index in [1.54, 1.807) is 17.5 Å². The summed E-state index contributed by atoms with van der Waals surface area (Å²) in [5.74, 6) is 0. The average molecular weight is 304 g/mol. The van der Waals surface area contributed by atoms with Crippen LogP contribution < -0.4 is 10.6 Å². The monoisotopic (exact) mass is 304 g/mol. The highest BCUT2D eigenvalue weighted by Gasteiger charge is 2.06. The van der Waals surface area contributed by atoms with Crippen LogP contribution in [0.3, 0.4) is 0 Å². The number of pyridine rings is 1. The van der Waals surface area contributed by atoms with E-state index in [-0.39, 0.29) is 6.03 Å². The molecule has 2 N–H and O–H groups in total. The molecule has 2 heterocycles.